The van der Waals surface area contributed by atoms with Gasteiger partial charge in [-0.25, -0.2) is 0 Å². The Bertz CT molecular complexity index is 435. The highest BCUT2D eigenvalue weighted by molar-refractivity contribution is 6.88. The summed E-state index contributed by atoms with van der Waals surface area (Å²) in [6, 6.07) is 8.47. The third kappa shape index (κ3) is 4.76. The first kappa shape index (κ1) is 16.9. The Balaban J connectivity index is 2.67. The van der Waals surface area contributed by atoms with E-state index in [0.717, 1.165) is 0 Å². The molecule has 112 valence electrons. The van der Waals surface area contributed by atoms with Crippen molar-refractivity contribution < 1.29 is 9.53 Å². The molecule has 0 saturated carbocycles. The van der Waals surface area contributed by atoms with Gasteiger partial charge in [-0.05, 0) is 11.5 Å². The van der Waals surface area contributed by atoms with Gasteiger partial charge in [-0.3, -0.25) is 4.79 Å². The maximum atomic E-state index is 11.7. The Kier molecular flexibility index (Phi) is 5.96. The van der Waals surface area contributed by atoms with E-state index in [1.807, 2.05) is 13.8 Å². The topological polar surface area (TPSA) is 38.3 Å². The van der Waals surface area contributed by atoms with Gasteiger partial charge < -0.3 is 10.1 Å². The number of hydrogen-bond acceptors (Lipinski definition) is 3. The van der Waals surface area contributed by atoms with Crippen LogP contribution in [-0.2, 0) is 16.1 Å². The molecule has 20 heavy (non-hydrogen) atoms. The molecule has 1 atom stereocenters. The van der Waals surface area contributed by atoms with Gasteiger partial charge in [0.25, 0.3) is 0 Å². The summed E-state index contributed by atoms with van der Waals surface area (Å²) in [5.74, 6) is 0.0161. The lowest BCUT2D eigenvalue weighted by molar-refractivity contribution is -0.144. The molecule has 1 rings (SSSR count). The average Bonchev–Trinajstić information content (AvgIpc) is 2.37. The molecule has 3 nitrogen and oxygen atoms in total. The Hall–Kier alpha value is -1.13. The van der Waals surface area contributed by atoms with Crippen LogP contribution in [0.2, 0.25) is 19.6 Å². The number of hydrogen-bond donors (Lipinski definition) is 1. The van der Waals surface area contributed by atoms with Gasteiger partial charge in [0, 0.05) is 6.54 Å². The van der Waals surface area contributed by atoms with Crippen LogP contribution in [0.1, 0.15) is 19.4 Å². The molecule has 1 aromatic rings. The summed E-state index contributed by atoms with van der Waals surface area (Å²) < 4.78 is 4.83. The third-order valence-electron chi connectivity index (χ3n) is 3.47. The number of esters is 1. The van der Waals surface area contributed by atoms with E-state index in [9.17, 15) is 4.79 Å². The van der Waals surface area contributed by atoms with E-state index in [4.69, 9.17) is 4.74 Å². The van der Waals surface area contributed by atoms with Gasteiger partial charge in [0.2, 0.25) is 0 Å². The van der Waals surface area contributed by atoms with Crippen LogP contribution in [0.5, 0.6) is 0 Å². The summed E-state index contributed by atoms with van der Waals surface area (Å²) in [6.45, 7) is 11.7. The lowest BCUT2D eigenvalue weighted by Crippen LogP contribution is -2.41. The predicted octanol–water partition coefficient (Wildman–Crippen LogP) is 2.52. The summed E-state index contributed by atoms with van der Waals surface area (Å²) in [5, 5.41) is 4.73. The molecular formula is C16H27NO2Si. The van der Waals surface area contributed by atoms with Crippen LogP contribution in [0.3, 0.4) is 0 Å². The molecule has 0 fully saturated rings. The smallest absolute Gasteiger partial charge is 0.323 e. The first-order valence-electron chi connectivity index (χ1n) is 7.16. The Morgan fingerprint density at radius 2 is 1.75 bits per heavy atom. The molecule has 0 heterocycles. The zero-order valence-corrected chi connectivity index (χ0v) is 14.5. The minimum atomic E-state index is -1.24. The number of rotatable bonds is 6. The van der Waals surface area contributed by atoms with Crippen molar-refractivity contribution in [3.8, 4) is 0 Å². The fourth-order valence-corrected chi connectivity index (χ4v) is 3.24. The van der Waals surface area contributed by atoms with Gasteiger partial charge in [-0.15, -0.1) is 0 Å². The quantitative estimate of drug-likeness (QED) is 0.647. The van der Waals surface area contributed by atoms with E-state index in [-0.39, 0.29) is 17.9 Å². The number of methoxy groups -OCH3 is 1. The molecule has 0 aromatic heterocycles. The third-order valence-corrected chi connectivity index (χ3v) is 5.53. The molecule has 0 aliphatic rings. The van der Waals surface area contributed by atoms with Crippen LogP contribution in [0.4, 0.5) is 0 Å². The van der Waals surface area contributed by atoms with Crippen molar-refractivity contribution >= 4 is 19.2 Å². The monoisotopic (exact) mass is 293 g/mol. The fourth-order valence-electron chi connectivity index (χ4n) is 2.07. The molecule has 0 aliphatic carbocycles. The van der Waals surface area contributed by atoms with Crippen molar-refractivity contribution in [2.45, 2.75) is 46.1 Å². The molecule has 0 amide bonds. The first-order valence-corrected chi connectivity index (χ1v) is 10.7. The highest BCUT2D eigenvalue weighted by Crippen LogP contribution is 2.07. The van der Waals surface area contributed by atoms with Crippen LogP contribution in [0.15, 0.2) is 24.3 Å². The normalized spacial score (nSPS) is 13.3. The SMILES string of the molecule is COC(=O)C(NCc1ccc([Si](C)(C)C)cc1)C(C)C. The van der Waals surface area contributed by atoms with Gasteiger partial charge in [-0.2, -0.15) is 0 Å². The van der Waals surface area contributed by atoms with Gasteiger partial charge in [0.05, 0.1) is 15.2 Å². The summed E-state index contributed by atoms with van der Waals surface area (Å²) in [7, 11) is 0.196. The summed E-state index contributed by atoms with van der Waals surface area (Å²) in [6.07, 6.45) is 0. The minimum absolute atomic E-state index is 0.196. The van der Waals surface area contributed by atoms with Crippen LogP contribution in [0, 0.1) is 5.92 Å². The van der Waals surface area contributed by atoms with Crippen molar-refractivity contribution in [1.29, 1.82) is 0 Å². The van der Waals surface area contributed by atoms with Crippen molar-refractivity contribution in [2.24, 2.45) is 5.92 Å². The summed E-state index contributed by atoms with van der Waals surface area (Å²) in [4.78, 5) is 11.7. The Morgan fingerprint density at radius 3 is 2.15 bits per heavy atom. The number of carbonyl (C=O) groups excluding carboxylic acids is 1. The second-order valence-corrected chi connectivity index (χ2v) is 11.7. The summed E-state index contributed by atoms with van der Waals surface area (Å²) in [5.41, 5.74) is 1.20. The van der Waals surface area contributed by atoms with Crippen molar-refractivity contribution in [3.63, 3.8) is 0 Å². The zero-order chi connectivity index (χ0) is 15.3. The van der Waals surface area contributed by atoms with E-state index in [2.05, 4.69) is 49.2 Å². The molecule has 1 unspecified atom stereocenters. The molecule has 0 spiro atoms. The highest BCUT2D eigenvalue weighted by Gasteiger charge is 2.22. The van der Waals surface area contributed by atoms with E-state index in [1.54, 1.807) is 0 Å². The zero-order valence-electron chi connectivity index (χ0n) is 13.5. The largest absolute Gasteiger partial charge is 0.468 e. The highest BCUT2D eigenvalue weighted by atomic mass is 28.3. The van der Waals surface area contributed by atoms with Crippen LogP contribution < -0.4 is 10.5 Å². The van der Waals surface area contributed by atoms with E-state index >= 15 is 0 Å². The number of ether oxygens (including phenoxy) is 1. The van der Waals surface area contributed by atoms with E-state index in [1.165, 1.54) is 17.9 Å². The van der Waals surface area contributed by atoms with Crippen molar-refractivity contribution in [2.75, 3.05) is 7.11 Å². The molecule has 0 aliphatic heterocycles. The molecule has 4 heteroatoms. The molecule has 0 bridgehead atoms. The number of nitrogens with one attached hydrogen (secondary N) is 1. The van der Waals surface area contributed by atoms with E-state index < -0.39 is 8.07 Å². The van der Waals surface area contributed by atoms with Crippen LogP contribution in [0.25, 0.3) is 0 Å². The Morgan fingerprint density at radius 1 is 1.20 bits per heavy atom. The molecular weight excluding hydrogens is 266 g/mol. The van der Waals surface area contributed by atoms with Crippen LogP contribution in [-0.4, -0.2) is 27.2 Å². The minimum Gasteiger partial charge on any atom is -0.468 e. The van der Waals surface area contributed by atoms with E-state index in [0.29, 0.717) is 6.54 Å². The first-order chi connectivity index (χ1) is 9.25. The lowest BCUT2D eigenvalue weighted by Gasteiger charge is -2.20. The van der Waals surface area contributed by atoms with Crippen molar-refractivity contribution in [3.05, 3.63) is 29.8 Å². The van der Waals surface area contributed by atoms with Gasteiger partial charge in [0.15, 0.2) is 0 Å². The molecule has 0 radical (unpaired) electrons. The molecule has 1 aromatic carbocycles. The van der Waals surface area contributed by atoms with Gasteiger partial charge in [0.1, 0.15) is 6.04 Å². The second-order valence-electron chi connectivity index (χ2n) is 6.57. The lowest BCUT2D eigenvalue weighted by atomic mass is 10.0. The number of benzene rings is 1. The molecule has 1 N–H and O–H groups in total. The second kappa shape index (κ2) is 7.04. The average molecular weight is 293 g/mol. The van der Waals surface area contributed by atoms with Crippen LogP contribution >= 0.6 is 0 Å². The van der Waals surface area contributed by atoms with Crippen molar-refractivity contribution in [1.82, 2.24) is 5.32 Å². The summed E-state index contributed by atoms with van der Waals surface area (Å²) >= 11 is 0. The Labute approximate surface area is 123 Å². The molecule has 0 saturated heterocycles. The number of carbonyl (C=O) groups is 1. The maximum absolute atomic E-state index is 11.7. The fraction of sp³-hybridized carbons (Fsp3) is 0.562. The standard InChI is InChI=1S/C16H27NO2Si/c1-12(2)15(16(18)19-3)17-11-13-7-9-14(10-8-13)20(4,5)6/h7-10,12,15,17H,11H2,1-6H3. The predicted molar refractivity (Wildman–Crippen MR) is 86.9 cm³/mol. The van der Waals surface area contributed by atoms with Gasteiger partial charge in [-0.1, -0.05) is 62.9 Å². The maximum Gasteiger partial charge on any atom is 0.323 e. The van der Waals surface area contributed by atoms with Gasteiger partial charge >= 0.3 is 5.97 Å².